The van der Waals surface area contributed by atoms with Crippen molar-refractivity contribution in [1.29, 1.82) is 0 Å². The topological polar surface area (TPSA) is 101 Å². The molecule has 0 aromatic heterocycles. The number of benzene rings is 1. The highest BCUT2D eigenvalue weighted by Gasteiger charge is 2.33. The van der Waals surface area contributed by atoms with E-state index in [9.17, 15) is 10.1 Å². The minimum absolute atomic E-state index is 0.0856. The van der Waals surface area contributed by atoms with E-state index in [-0.39, 0.29) is 16.0 Å². The van der Waals surface area contributed by atoms with Gasteiger partial charge in [-0.25, -0.2) is 0 Å². The van der Waals surface area contributed by atoms with E-state index >= 15 is 0 Å². The van der Waals surface area contributed by atoms with Crippen LogP contribution in [0.3, 0.4) is 0 Å². The summed E-state index contributed by atoms with van der Waals surface area (Å²) >= 11 is 0. The van der Waals surface area contributed by atoms with Gasteiger partial charge in [-0.2, -0.15) is 0 Å². The van der Waals surface area contributed by atoms with Gasteiger partial charge in [0, 0.05) is 46.0 Å². The molecule has 0 unspecified atom stereocenters. The molecule has 0 spiro atoms. The van der Waals surface area contributed by atoms with Crippen molar-refractivity contribution in [3.05, 3.63) is 34.4 Å². The van der Waals surface area contributed by atoms with Crippen LogP contribution >= 0.6 is 0 Å². The second kappa shape index (κ2) is 11.5. The minimum Gasteiger partial charge on any atom is -0.382 e. The lowest BCUT2D eigenvalue weighted by Gasteiger charge is -2.30. The van der Waals surface area contributed by atoms with E-state index in [0.717, 1.165) is 32.1 Å². The summed E-state index contributed by atoms with van der Waals surface area (Å²) < 4.78 is 5.57. The first-order chi connectivity index (χ1) is 13.6. The van der Waals surface area contributed by atoms with Crippen LogP contribution in [-0.4, -0.2) is 50.8 Å². The van der Waals surface area contributed by atoms with Gasteiger partial charge in [-0.05, 0) is 37.7 Å². The van der Waals surface area contributed by atoms with Gasteiger partial charge < -0.3 is 20.7 Å². The first-order valence-electron chi connectivity index (χ1n) is 10.1. The Morgan fingerprint density at radius 2 is 2.00 bits per heavy atom. The van der Waals surface area contributed by atoms with Gasteiger partial charge in [0.05, 0.1) is 4.92 Å². The van der Waals surface area contributed by atoms with Crippen LogP contribution in [0.4, 0.5) is 11.4 Å². The summed E-state index contributed by atoms with van der Waals surface area (Å²) in [7, 11) is 1.76. The summed E-state index contributed by atoms with van der Waals surface area (Å²) in [5.41, 5.74) is 0.899. The highest BCUT2D eigenvalue weighted by molar-refractivity contribution is 5.79. The second-order valence-corrected chi connectivity index (χ2v) is 7.21. The van der Waals surface area contributed by atoms with E-state index < -0.39 is 0 Å². The van der Waals surface area contributed by atoms with Crippen LogP contribution in [0.5, 0.6) is 0 Å². The summed E-state index contributed by atoms with van der Waals surface area (Å²) in [5, 5.41) is 20.9. The van der Waals surface area contributed by atoms with Crippen LogP contribution in [0.15, 0.2) is 29.3 Å². The van der Waals surface area contributed by atoms with Crippen molar-refractivity contribution in [3.8, 4) is 0 Å². The largest absolute Gasteiger partial charge is 0.382 e. The molecule has 0 saturated heterocycles. The van der Waals surface area contributed by atoms with Crippen LogP contribution in [-0.2, 0) is 4.74 Å². The molecule has 0 heterocycles. The number of anilines is 1. The Labute approximate surface area is 167 Å². The number of nitro groups is 1. The first-order valence-corrected chi connectivity index (χ1v) is 10.1. The Balaban J connectivity index is 1.76. The molecule has 0 aliphatic heterocycles. The van der Waals surface area contributed by atoms with Crippen molar-refractivity contribution in [3.63, 3.8) is 0 Å². The van der Waals surface area contributed by atoms with Gasteiger partial charge in [0.2, 0.25) is 0 Å². The van der Waals surface area contributed by atoms with Gasteiger partial charge in [-0.1, -0.05) is 25.0 Å². The SMILES string of the molecule is CCOCCC1(CNC(=NC)NCCNc2ccccc2[N+](=O)[O-])CCCC1. The summed E-state index contributed by atoms with van der Waals surface area (Å²) in [4.78, 5) is 15.0. The number of hydrogen-bond acceptors (Lipinski definition) is 5. The van der Waals surface area contributed by atoms with Crippen molar-refractivity contribution in [1.82, 2.24) is 10.6 Å². The fraction of sp³-hybridized carbons (Fsp3) is 0.650. The average Bonchev–Trinajstić information content (AvgIpc) is 3.17. The third-order valence-electron chi connectivity index (χ3n) is 5.33. The maximum absolute atomic E-state index is 11.1. The Kier molecular flexibility index (Phi) is 9.00. The average molecular weight is 392 g/mol. The highest BCUT2D eigenvalue weighted by atomic mass is 16.6. The van der Waals surface area contributed by atoms with E-state index in [1.54, 1.807) is 25.2 Å². The van der Waals surface area contributed by atoms with Gasteiger partial charge >= 0.3 is 0 Å². The van der Waals surface area contributed by atoms with Crippen molar-refractivity contribution in [2.45, 2.75) is 39.0 Å². The summed E-state index contributed by atoms with van der Waals surface area (Å²) in [5.74, 6) is 0.757. The molecule has 2 rings (SSSR count). The third-order valence-corrected chi connectivity index (χ3v) is 5.33. The third kappa shape index (κ3) is 6.67. The maximum atomic E-state index is 11.1. The zero-order chi connectivity index (χ0) is 20.2. The predicted octanol–water partition coefficient (Wildman–Crippen LogP) is 3.16. The molecule has 1 saturated carbocycles. The van der Waals surface area contributed by atoms with E-state index in [1.807, 2.05) is 6.92 Å². The quantitative estimate of drug-likeness (QED) is 0.176. The van der Waals surface area contributed by atoms with E-state index in [0.29, 0.717) is 18.8 Å². The lowest BCUT2D eigenvalue weighted by Crippen LogP contribution is -2.44. The Morgan fingerprint density at radius 1 is 1.25 bits per heavy atom. The molecule has 28 heavy (non-hydrogen) atoms. The molecule has 3 N–H and O–H groups in total. The highest BCUT2D eigenvalue weighted by Crippen LogP contribution is 2.40. The molecule has 8 heteroatoms. The zero-order valence-electron chi connectivity index (χ0n) is 17.0. The van der Waals surface area contributed by atoms with Crippen LogP contribution in [0, 0.1) is 15.5 Å². The standard InChI is InChI=1S/C20H33N5O3/c1-3-28-15-12-20(10-6-7-11-20)16-24-19(21-2)23-14-13-22-17-8-4-5-9-18(17)25(26)27/h4-5,8-9,22H,3,6-7,10-16H2,1-2H3,(H2,21,23,24). The number of nitro benzene ring substituents is 1. The number of hydrogen-bond donors (Lipinski definition) is 3. The van der Waals surface area contributed by atoms with E-state index in [1.165, 1.54) is 31.7 Å². The number of para-hydroxylation sites is 2. The van der Waals surface area contributed by atoms with Crippen molar-refractivity contribution in [2.24, 2.45) is 10.4 Å². The van der Waals surface area contributed by atoms with E-state index in [2.05, 4.69) is 20.9 Å². The monoisotopic (exact) mass is 391 g/mol. The summed E-state index contributed by atoms with van der Waals surface area (Å²) in [6.45, 7) is 5.66. The number of aliphatic imine (C=N–C) groups is 1. The molecule has 0 bridgehead atoms. The summed E-state index contributed by atoms with van der Waals surface area (Å²) in [6, 6.07) is 6.66. The Bertz CT molecular complexity index is 644. The van der Waals surface area contributed by atoms with Crippen molar-refractivity contribution in [2.75, 3.05) is 45.2 Å². The van der Waals surface area contributed by atoms with Crippen molar-refractivity contribution < 1.29 is 9.66 Å². The minimum atomic E-state index is -0.375. The molecule has 1 aromatic rings. The number of guanidine groups is 1. The summed E-state index contributed by atoms with van der Waals surface area (Å²) in [6.07, 6.45) is 6.08. The molecular formula is C20H33N5O3. The van der Waals surface area contributed by atoms with Gasteiger partial charge in [-0.3, -0.25) is 15.1 Å². The molecule has 1 aliphatic carbocycles. The van der Waals surface area contributed by atoms with Gasteiger partial charge in [0.25, 0.3) is 5.69 Å². The smallest absolute Gasteiger partial charge is 0.292 e. The molecule has 8 nitrogen and oxygen atoms in total. The van der Waals surface area contributed by atoms with Crippen molar-refractivity contribution >= 4 is 17.3 Å². The maximum Gasteiger partial charge on any atom is 0.292 e. The molecule has 1 fully saturated rings. The van der Waals surface area contributed by atoms with Crippen LogP contribution < -0.4 is 16.0 Å². The van der Waals surface area contributed by atoms with Crippen LogP contribution in [0.1, 0.15) is 39.0 Å². The van der Waals surface area contributed by atoms with Crippen LogP contribution in [0.25, 0.3) is 0 Å². The fourth-order valence-corrected chi connectivity index (χ4v) is 3.73. The second-order valence-electron chi connectivity index (χ2n) is 7.21. The number of nitrogens with zero attached hydrogens (tertiary/aromatic N) is 2. The molecule has 0 radical (unpaired) electrons. The molecule has 1 aromatic carbocycles. The normalized spacial score (nSPS) is 16.0. The van der Waals surface area contributed by atoms with Gasteiger partial charge in [0.1, 0.15) is 5.69 Å². The fourth-order valence-electron chi connectivity index (χ4n) is 3.73. The molecular weight excluding hydrogens is 358 g/mol. The Hall–Kier alpha value is -2.35. The lowest BCUT2D eigenvalue weighted by atomic mass is 9.83. The molecule has 0 amide bonds. The molecule has 1 aliphatic rings. The number of nitrogens with one attached hydrogen (secondary N) is 3. The molecule has 0 atom stereocenters. The number of ether oxygens (including phenoxy) is 1. The molecule has 156 valence electrons. The first kappa shape index (κ1) is 21.9. The lowest BCUT2D eigenvalue weighted by molar-refractivity contribution is -0.384. The van der Waals surface area contributed by atoms with Gasteiger partial charge in [0.15, 0.2) is 5.96 Å². The predicted molar refractivity (Wildman–Crippen MR) is 113 cm³/mol. The van der Waals surface area contributed by atoms with Gasteiger partial charge in [-0.15, -0.1) is 0 Å². The van der Waals surface area contributed by atoms with E-state index in [4.69, 9.17) is 4.74 Å². The zero-order valence-corrected chi connectivity index (χ0v) is 17.0. The Morgan fingerprint density at radius 3 is 2.68 bits per heavy atom. The number of rotatable bonds is 11. The van der Waals surface area contributed by atoms with Crippen LogP contribution in [0.2, 0.25) is 0 Å².